The molecule has 4 aromatic carbocycles. The number of halogens is 4. The summed E-state index contributed by atoms with van der Waals surface area (Å²) in [5.74, 6) is -4.65. The molecule has 19 heteroatoms. The predicted octanol–water partition coefficient (Wildman–Crippen LogP) is 7.27. The van der Waals surface area contributed by atoms with Crippen molar-refractivity contribution in [2.24, 2.45) is 5.92 Å². The summed E-state index contributed by atoms with van der Waals surface area (Å²) in [4.78, 5) is 27.5. The second kappa shape index (κ2) is 27.4. The molecule has 10 atom stereocenters. The summed E-state index contributed by atoms with van der Waals surface area (Å²) in [6.07, 6.45) is -1.32. The fourth-order valence-corrected chi connectivity index (χ4v) is 12.0. The summed E-state index contributed by atoms with van der Waals surface area (Å²) in [6.45, 7) is 8.63. The molecule has 6 aromatic rings. The first-order valence-corrected chi connectivity index (χ1v) is 27.0. The number of carbonyl (C=O) groups is 2. The largest absolute Gasteiger partial charge is 1.00 e. The van der Waals surface area contributed by atoms with Gasteiger partial charge in [0.1, 0.15) is 41.4 Å². The van der Waals surface area contributed by atoms with Crippen LogP contribution in [0.15, 0.2) is 97.1 Å². The van der Waals surface area contributed by atoms with Gasteiger partial charge in [0, 0.05) is 52.1 Å². The number of aliphatic hydroxyl groups is 3. The molecule has 8 rings (SSSR count). The Bertz CT molecular complexity index is 2810. The van der Waals surface area contributed by atoms with Crippen LogP contribution in [0.5, 0.6) is 0 Å². The number of hydrogen-bond donors (Lipinski definition) is 3. The zero-order valence-corrected chi connectivity index (χ0v) is 47.0. The number of benzene rings is 4. The summed E-state index contributed by atoms with van der Waals surface area (Å²) < 4.78 is 77.4. The second-order valence-electron chi connectivity index (χ2n) is 17.3. The molecular weight excluding hydrogens is 1040 g/mol. The predicted molar refractivity (Wildman–Crippen MR) is 274 cm³/mol. The van der Waals surface area contributed by atoms with E-state index >= 15 is 0 Å². The van der Waals surface area contributed by atoms with Gasteiger partial charge in [-0.2, -0.15) is 7.11 Å². The van der Waals surface area contributed by atoms with Gasteiger partial charge in [0.25, 0.3) is 0 Å². The molecule has 73 heavy (non-hydrogen) atoms. The van der Waals surface area contributed by atoms with Gasteiger partial charge in [-0.25, -0.2) is 17.6 Å². The van der Waals surface area contributed by atoms with Crippen molar-refractivity contribution in [1.82, 2.24) is 0 Å². The third-order valence-electron chi connectivity index (χ3n) is 12.4. The number of aryl methyl sites for hydroxylation is 2. The third kappa shape index (κ3) is 14.9. The van der Waals surface area contributed by atoms with Gasteiger partial charge in [0.15, 0.2) is 29.4 Å². The minimum atomic E-state index is -1.30. The van der Waals surface area contributed by atoms with Crippen LogP contribution in [0.2, 0.25) is 0 Å². The molecule has 386 valence electrons. The third-order valence-corrected chi connectivity index (χ3v) is 16.3. The van der Waals surface area contributed by atoms with Crippen molar-refractivity contribution in [2.45, 2.75) is 101 Å². The maximum atomic E-state index is 13.7. The summed E-state index contributed by atoms with van der Waals surface area (Å²) in [5.41, 5.74) is 6.07. The van der Waals surface area contributed by atoms with Gasteiger partial charge in [-0.15, -0.1) is 46.2 Å². The van der Waals surface area contributed by atoms with Crippen molar-refractivity contribution in [3.05, 3.63) is 163 Å². The fraction of sp³-hybridized carbons (Fsp3) is 0.370. The smallest absolute Gasteiger partial charge is 0.857 e. The molecule has 2 fully saturated rings. The van der Waals surface area contributed by atoms with Gasteiger partial charge in [-0.1, -0.05) is 55.5 Å². The van der Waals surface area contributed by atoms with Crippen LogP contribution < -0.4 is 34.7 Å². The van der Waals surface area contributed by atoms with Crippen LogP contribution in [0.4, 0.5) is 17.6 Å². The molecule has 2 aliphatic heterocycles. The van der Waals surface area contributed by atoms with Crippen LogP contribution in [0.3, 0.4) is 0 Å². The Labute approximate surface area is 461 Å². The van der Waals surface area contributed by atoms with E-state index in [9.17, 15) is 42.5 Å². The van der Waals surface area contributed by atoms with E-state index in [0.717, 1.165) is 72.1 Å². The number of rotatable bonds is 12. The Morgan fingerprint density at radius 3 is 1.47 bits per heavy atom. The van der Waals surface area contributed by atoms with E-state index in [4.69, 9.17) is 24.1 Å². The van der Waals surface area contributed by atoms with Crippen LogP contribution >= 0.6 is 46.2 Å². The van der Waals surface area contributed by atoms with Crippen LogP contribution in [-0.4, -0.2) is 88.3 Å². The molecule has 10 nitrogen and oxygen atoms in total. The first kappa shape index (κ1) is 60.3. The average Bonchev–Trinajstić information content (AvgIpc) is 4.04. The van der Waals surface area contributed by atoms with Crippen molar-refractivity contribution in [2.75, 3.05) is 19.6 Å². The van der Waals surface area contributed by atoms with Crippen molar-refractivity contribution in [1.29, 1.82) is 0 Å². The monoisotopic (exact) mass is 1090 g/mol. The summed E-state index contributed by atoms with van der Waals surface area (Å²) in [7, 11) is 0.750. The SMILES string of the molecule is CS[C@H]1OC(c2ccc(C)c(Cc3ccc(-c4ccc(F)c(F)c4)s3)c2)[C@H](C)[C@@H](OC(C)=O)[C@@H]1OC(C)=O.CS[C@H]1OC(c2ccc(C)c(Cc3ccc(-c4ccc(F)c(F)c4)s3)c2)[C@H](O)[C@@H](O)[C@@H]1O.C[O-].[Na+]. The summed E-state index contributed by atoms with van der Waals surface area (Å²) in [5, 5.41) is 39.1. The minimum absolute atomic E-state index is 0. The number of hydrogen-bond acceptors (Lipinski definition) is 14. The van der Waals surface area contributed by atoms with Crippen molar-refractivity contribution in [3.63, 3.8) is 0 Å². The second-order valence-corrected chi connectivity index (χ2v) is 21.5. The zero-order chi connectivity index (χ0) is 52.6. The van der Waals surface area contributed by atoms with Crippen LogP contribution in [0.1, 0.15) is 76.1 Å². The summed E-state index contributed by atoms with van der Waals surface area (Å²) in [6, 6.07) is 27.5. The fourth-order valence-electron chi connectivity index (χ4n) is 8.59. The van der Waals surface area contributed by atoms with E-state index in [-0.39, 0.29) is 41.6 Å². The number of carbonyl (C=O) groups excluding carboxylic acids is 2. The van der Waals surface area contributed by atoms with Gasteiger partial charge in [-0.3, -0.25) is 9.59 Å². The zero-order valence-electron chi connectivity index (χ0n) is 41.8. The van der Waals surface area contributed by atoms with Gasteiger partial charge in [0.2, 0.25) is 0 Å². The molecular formula is C54H57F4NaO10S4. The molecule has 4 heterocycles. The Hall–Kier alpha value is -3.60. The molecule has 0 bridgehead atoms. The Balaban J connectivity index is 0.000000262. The van der Waals surface area contributed by atoms with E-state index in [1.54, 1.807) is 18.4 Å². The first-order chi connectivity index (χ1) is 34.3. The first-order valence-electron chi connectivity index (χ1n) is 22.8. The van der Waals surface area contributed by atoms with Crippen molar-refractivity contribution < 1.29 is 96.1 Å². The molecule has 0 radical (unpaired) electrons. The summed E-state index contributed by atoms with van der Waals surface area (Å²) >= 11 is 5.72. The molecule has 2 unspecified atom stereocenters. The van der Waals surface area contributed by atoms with E-state index in [2.05, 4.69) is 6.07 Å². The topological polar surface area (TPSA) is 155 Å². The van der Waals surface area contributed by atoms with E-state index in [1.165, 1.54) is 72.2 Å². The number of aliphatic hydroxyl groups excluding tert-OH is 3. The van der Waals surface area contributed by atoms with Crippen molar-refractivity contribution in [3.8, 4) is 20.9 Å². The molecule has 0 aliphatic carbocycles. The molecule has 0 amide bonds. The molecule has 2 saturated heterocycles. The van der Waals surface area contributed by atoms with Gasteiger partial charge in [-0.05, 0) is 119 Å². The number of thiophene rings is 2. The normalized spacial score (nSPS) is 23.5. The Kier molecular flexibility index (Phi) is 22.7. The van der Waals surface area contributed by atoms with Crippen molar-refractivity contribution >= 4 is 58.1 Å². The van der Waals surface area contributed by atoms with E-state index < -0.39 is 82.7 Å². The number of thioether (sulfide) groups is 2. The van der Waals surface area contributed by atoms with Crippen LogP contribution in [0.25, 0.3) is 20.9 Å². The molecule has 0 saturated carbocycles. The molecule has 2 aromatic heterocycles. The Morgan fingerprint density at radius 1 is 0.589 bits per heavy atom. The van der Waals surface area contributed by atoms with Crippen LogP contribution in [-0.2, 0) is 41.4 Å². The van der Waals surface area contributed by atoms with Gasteiger partial charge in [0.05, 0.1) is 6.10 Å². The molecule has 2 aliphatic rings. The van der Waals surface area contributed by atoms with E-state index in [1.807, 2.05) is 81.6 Å². The maximum absolute atomic E-state index is 13.7. The molecule has 3 N–H and O–H groups in total. The standard InChI is InChI=1S/C29H30F2O5S2.C24H24F2O4S2.CH3O.Na/c1-15-6-7-20(26-16(2)27(34-17(3)32)28(35-18(4)33)29(36-26)37-5)12-21(15)13-22-9-11-25(38-22)19-8-10-23(30)24(31)14-19;1-12-3-4-14(23-21(28)20(27)22(29)24(30-23)31-2)9-15(12)10-16-6-8-19(32-16)13-5-7-17(25)18(26)11-13;1-2;/h6-12,14,16,26-29H,13H2,1-5H3;3-9,11,20-24,27-29H,10H2,1-2H3;1H3;/q;;-1;+1/t16-,26?,27+,28-,29+;20-,21-,22+,23?,24-;;/m01../s1. The van der Waals surface area contributed by atoms with Crippen LogP contribution in [0, 0.1) is 43.0 Å². The average molecular weight is 1090 g/mol. The molecule has 0 spiro atoms. The van der Waals surface area contributed by atoms with Gasteiger partial charge < -0.3 is 39.4 Å². The van der Waals surface area contributed by atoms with Gasteiger partial charge >= 0.3 is 41.5 Å². The number of ether oxygens (including phenoxy) is 4. The van der Waals surface area contributed by atoms with E-state index in [0.29, 0.717) is 24.0 Å². The number of esters is 2. The quantitative estimate of drug-likeness (QED) is 0.0642. The minimum Gasteiger partial charge on any atom is -0.857 e. The Morgan fingerprint density at radius 2 is 1.03 bits per heavy atom. The maximum Gasteiger partial charge on any atom is 1.00 e.